The van der Waals surface area contributed by atoms with Crippen LogP contribution < -0.4 is 19.7 Å². The molecule has 0 aliphatic carbocycles. The summed E-state index contributed by atoms with van der Waals surface area (Å²) >= 11 is 0. The van der Waals surface area contributed by atoms with Crippen LogP contribution in [0.2, 0.25) is 0 Å². The molecule has 3 aromatic rings. The zero-order valence-corrected chi connectivity index (χ0v) is 19.1. The summed E-state index contributed by atoms with van der Waals surface area (Å²) in [5.41, 5.74) is 4.44. The third-order valence-corrected chi connectivity index (χ3v) is 5.48. The fourth-order valence-electron chi connectivity index (χ4n) is 3.92. The molecule has 168 valence electrons. The molecular formula is C27H26N2O4. The molecule has 0 atom stereocenters. The van der Waals surface area contributed by atoms with Crippen LogP contribution in [0.15, 0.2) is 72.4 Å². The number of nitrogens with zero attached hydrogens (tertiary/aromatic N) is 1. The number of ether oxygens (including phenoxy) is 2. The van der Waals surface area contributed by atoms with E-state index in [4.69, 9.17) is 9.47 Å². The SMILES string of the molecule is CCOc1ccc(NC2=C(c3ccc(C)cc3C)C(=O)N(c3cccc(OC)c3)C2=O)cc1. The molecule has 0 spiro atoms. The summed E-state index contributed by atoms with van der Waals surface area (Å²) in [4.78, 5) is 28.4. The van der Waals surface area contributed by atoms with Crippen LogP contribution in [0.3, 0.4) is 0 Å². The Morgan fingerprint density at radius 1 is 0.879 bits per heavy atom. The molecule has 1 heterocycles. The minimum absolute atomic E-state index is 0.235. The van der Waals surface area contributed by atoms with E-state index in [0.717, 1.165) is 22.4 Å². The highest BCUT2D eigenvalue weighted by Crippen LogP contribution is 2.36. The molecule has 1 aliphatic rings. The number of carbonyl (C=O) groups excluding carboxylic acids is 2. The lowest BCUT2D eigenvalue weighted by Crippen LogP contribution is -2.32. The van der Waals surface area contributed by atoms with Gasteiger partial charge in [0, 0.05) is 11.8 Å². The molecule has 4 rings (SSSR count). The number of amides is 2. The Labute approximate surface area is 193 Å². The molecule has 1 aliphatic heterocycles. The van der Waals surface area contributed by atoms with Gasteiger partial charge < -0.3 is 14.8 Å². The molecule has 0 unspecified atom stereocenters. The minimum Gasteiger partial charge on any atom is -0.497 e. The van der Waals surface area contributed by atoms with Gasteiger partial charge in [-0.1, -0.05) is 29.8 Å². The van der Waals surface area contributed by atoms with E-state index in [1.165, 1.54) is 4.90 Å². The molecule has 3 aromatic carbocycles. The van der Waals surface area contributed by atoms with Crippen LogP contribution in [0.1, 0.15) is 23.6 Å². The molecule has 0 bridgehead atoms. The predicted molar refractivity (Wildman–Crippen MR) is 130 cm³/mol. The van der Waals surface area contributed by atoms with Crippen LogP contribution in [0.25, 0.3) is 5.57 Å². The van der Waals surface area contributed by atoms with Crippen molar-refractivity contribution in [2.24, 2.45) is 0 Å². The number of rotatable bonds is 7. The van der Waals surface area contributed by atoms with E-state index in [1.807, 2.05) is 63.2 Å². The highest BCUT2D eigenvalue weighted by Gasteiger charge is 2.40. The third kappa shape index (κ3) is 4.32. The van der Waals surface area contributed by atoms with Crippen molar-refractivity contribution in [2.75, 3.05) is 23.9 Å². The summed E-state index contributed by atoms with van der Waals surface area (Å²) in [6.45, 7) is 6.42. The first-order valence-corrected chi connectivity index (χ1v) is 10.8. The lowest BCUT2D eigenvalue weighted by molar-refractivity contribution is -0.120. The number of benzene rings is 3. The van der Waals surface area contributed by atoms with Crippen molar-refractivity contribution in [1.29, 1.82) is 0 Å². The number of hydrogen-bond acceptors (Lipinski definition) is 5. The van der Waals surface area contributed by atoms with E-state index >= 15 is 0 Å². The van der Waals surface area contributed by atoms with Gasteiger partial charge in [0.2, 0.25) is 0 Å². The van der Waals surface area contributed by atoms with Crippen molar-refractivity contribution in [3.63, 3.8) is 0 Å². The third-order valence-electron chi connectivity index (χ3n) is 5.48. The van der Waals surface area contributed by atoms with Gasteiger partial charge in [0.25, 0.3) is 11.8 Å². The number of anilines is 2. The molecule has 6 nitrogen and oxygen atoms in total. The molecule has 2 amide bonds. The number of hydrogen-bond donors (Lipinski definition) is 1. The fourth-order valence-corrected chi connectivity index (χ4v) is 3.92. The summed E-state index contributed by atoms with van der Waals surface area (Å²) in [6.07, 6.45) is 0. The van der Waals surface area contributed by atoms with Crippen molar-refractivity contribution in [1.82, 2.24) is 0 Å². The Balaban J connectivity index is 1.80. The van der Waals surface area contributed by atoms with E-state index in [-0.39, 0.29) is 11.6 Å². The van der Waals surface area contributed by atoms with Crippen LogP contribution >= 0.6 is 0 Å². The standard InChI is InChI=1S/C27H26N2O4/c1-5-33-21-12-10-19(11-13-21)28-25-24(23-14-9-17(2)15-18(23)3)26(30)29(27(25)31)20-7-6-8-22(16-20)32-4/h6-16,28H,5H2,1-4H3. The Bertz CT molecular complexity index is 1250. The number of aryl methyl sites for hydroxylation is 2. The molecule has 0 saturated heterocycles. The van der Waals surface area contributed by atoms with Gasteiger partial charge in [0.15, 0.2) is 0 Å². The van der Waals surface area contributed by atoms with Crippen molar-refractivity contribution in [3.8, 4) is 11.5 Å². The molecule has 6 heteroatoms. The second-order valence-corrected chi connectivity index (χ2v) is 7.80. The molecule has 0 aromatic heterocycles. The topological polar surface area (TPSA) is 67.9 Å². The van der Waals surface area contributed by atoms with Gasteiger partial charge in [-0.2, -0.15) is 0 Å². The summed E-state index contributed by atoms with van der Waals surface area (Å²) < 4.78 is 10.8. The van der Waals surface area contributed by atoms with Crippen LogP contribution in [-0.2, 0) is 9.59 Å². The number of nitrogens with one attached hydrogen (secondary N) is 1. The zero-order valence-electron chi connectivity index (χ0n) is 19.1. The van der Waals surface area contributed by atoms with Gasteiger partial charge in [-0.25, -0.2) is 4.90 Å². The van der Waals surface area contributed by atoms with Gasteiger partial charge in [-0.3, -0.25) is 9.59 Å². The van der Waals surface area contributed by atoms with Crippen molar-refractivity contribution in [3.05, 3.63) is 89.1 Å². The average molecular weight is 443 g/mol. The minimum atomic E-state index is -0.419. The molecule has 33 heavy (non-hydrogen) atoms. The summed E-state index contributed by atoms with van der Waals surface area (Å²) in [6, 6.07) is 20.0. The van der Waals surface area contributed by atoms with E-state index in [2.05, 4.69) is 5.32 Å². The second kappa shape index (κ2) is 9.20. The van der Waals surface area contributed by atoms with Gasteiger partial charge in [0.05, 0.1) is 25.0 Å². The van der Waals surface area contributed by atoms with Gasteiger partial charge in [0.1, 0.15) is 17.2 Å². The number of methoxy groups -OCH3 is 1. The second-order valence-electron chi connectivity index (χ2n) is 7.80. The maximum Gasteiger partial charge on any atom is 0.282 e. The van der Waals surface area contributed by atoms with Crippen molar-refractivity contribution in [2.45, 2.75) is 20.8 Å². The summed E-state index contributed by atoms with van der Waals surface area (Å²) in [7, 11) is 1.55. The van der Waals surface area contributed by atoms with E-state index < -0.39 is 5.91 Å². The Kier molecular flexibility index (Phi) is 6.18. The van der Waals surface area contributed by atoms with Crippen LogP contribution in [0, 0.1) is 13.8 Å². The molecule has 0 fully saturated rings. The maximum atomic E-state index is 13.6. The smallest absolute Gasteiger partial charge is 0.282 e. The normalized spacial score (nSPS) is 13.5. The lowest BCUT2D eigenvalue weighted by Gasteiger charge is -2.16. The molecular weight excluding hydrogens is 416 g/mol. The largest absolute Gasteiger partial charge is 0.497 e. The van der Waals surface area contributed by atoms with Crippen molar-refractivity contribution < 1.29 is 19.1 Å². The van der Waals surface area contributed by atoms with Crippen LogP contribution in [-0.4, -0.2) is 25.5 Å². The predicted octanol–water partition coefficient (Wildman–Crippen LogP) is 5.11. The highest BCUT2D eigenvalue weighted by molar-refractivity contribution is 6.46. The van der Waals surface area contributed by atoms with Gasteiger partial charge in [-0.15, -0.1) is 0 Å². The lowest BCUT2D eigenvalue weighted by atomic mass is 9.97. The first-order chi connectivity index (χ1) is 15.9. The summed E-state index contributed by atoms with van der Waals surface area (Å²) in [5, 5.41) is 3.19. The fraction of sp³-hybridized carbons (Fsp3) is 0.185. The van der Waals surface area contributed by atoms with Crippen LogP contribution in [0.4, 0.5) is 11.4 Å². The monoisotopic (exact) mass is 442 g/mol. The van der Waals surface area contributed by atoms with Crippen molar-refractivity contribution >= 4 is 28.8 Å². The van der Waals surface area contributed by atoms with Gasteiger partial charge >= 0.3 is 0 Å². The Hall–Kier alpha value is -4.06. The highest BCUT2D eigenvalue weighted by atomic mass is 16.5. The Morgan fingerprint density at radius 3 is 2.30 bits per heavy atom. The number of imide groups is 1. The quantitative estimate of drug-likeness (QED) is 0.515. The molecule has 0 radical (unpaired) electrons. The number of carbonyl (C=O) groups is 2. The van der Waals surface area contributed by atoms with Gasteiger partial charge in [-0.05, 0) is 68.3 Å². The van der Waals surface area contributed by atoms with E-state index in [1.54, 1.807) is 31.4 Å². The zero-order chi connectivity index (χ0) is 23.5. The summed E-state index contributed by atoms with van der Waals surface area (Å²) in [5.74, 6) is 0.498. The van der Waals surface area contributed by atoms with Crippen LogP contribution in [0.5, 0.6) is 11.5 Å². The maximum absolute atomic E-state index is 13.6. The Morgan fingerprint density at radius 2 is 1.64 bits per heavy atom. The van der Waals surface area contributed by atoms with E-state index in [9.17, 15) is 9.59 Å². The van der Waals surface area contributed by atoms with E-state index in [0.29, 0.717) is 29.3 Å². The average Bonchev–Trinajstić information content (AvgIpc) is 3.04. The molecule has 1 N–H and O–H groups in total. The first-order valence-electron chi connectivity index (χ1n) is 10.8. The first kappa shape index (κ1) is 22.1. The molecule has 0 saturated carbocycles.